The fraction of sp³-hybridized carbons (Fsp3) is 0.211. The highest BCUT2D eigenvalue weighted by molar-refractivity contribution is 9.10. The van der Waals surface area contributed by atoms with Gasteiger partial charge in [-0.15, -0.1) is 0 Å². The first kappa shape index (κ1) is 20.3. The number of amides is 3. The van der Waals surface area contributed by atoms with Crippen molar-refractivity contribution in [2.75, 3.05) is 18.5 Å². The largest absolute Gasteiger partial charge is 0.479 e. The van der Waals surface area contributed by atoms with E-state index in [0.29, 0.717) is 11.4 Å². The van der Waals surface area contributed by atoms with Crippen molar-refractivity contribution < 1.29 is 14.3 Å². The molecule has 7 nitrogen and oxygen atoms in total. The molecule has 8 heteroatoms. The van der Waals surface area contributed by atoms with Crippen LogP contribution in [0, 0.1) is 18.3 Å². The number of anilines is 1. The second-order valence-electron chi connectivity index (χ2n) is 5.64. The molecule has 0 fully saturated rings. The van der Waals surface area contributed by atoms with E-state index in [-0.39, 0.29) is 25.6 Å². The average molecular weight is 431 g/mol. The van der Waals surface area contributed by atoms with Crippen LogP contribution in [0.1, 0.15) is 11.1 Å². The fourth-order valence-electron chi connectivity index (χ4n) is 2.23. The van der Waals surface area contributed by atoms with E-state index in [1.807, 2.05) is 31.2 Å². The van der Waals surface area contributed by atoms with Gasteiger partial charge in [0.2, 0.25) is 5.91 Å². The monoisotopic (exact) mass is 430 g/mol. The zero-order valence-electron chi connectivity index (χ0n) is 14.7. The molecule has 0 atom stereocenters. The number of nitrogens with zero attached hydrogens (tertiary/aromatic N) is 1. The van der Waals surface area contributed by atoms with Crippen LogP contribution in [0.5, 0.6) is 5.75 Å². The molecule has 140 valence electrons. The molecule has 0 bridgehead atoms. The van der Waals surface area contributed by atoms with Gasteiger partial charge in [0.05, 0.1) is 6.54 Å². The van der Waals surface area contributed by atoms with Crippen molar-refractivity contribution in [2.45, 2.75) is 13.5 Å². The highest BCUT2D eigenvalue weighted by Gasteiger charge is 2.08. The highest BCUT2D eigenvalue weighted by atomic mass is 79.9. The van der Waals surface area contributed by atoms with Gasteiger partial charge in [-0.3, -0.25) is 4.79 Å². The Morgan fingerprint density at radius 1 is 1.19 bits per heavy atom. The van der Waals surface area contributed by atoms with E-state index < -0.39 is 6.03 Å². The van der Waals surface area contributed by atoms with E-state index in [2.05, 4.69) is 31.9 Å². The molecular weight excluding hydrogens is 412 g/mol. The lowest BCUT2D eigenvalue weighted by molar-refractivity contribution is -0.115. The van der Waals surface area contributed by atoms with E-state index in [1.54, 1.807) is 24.3 Å². The Balaban J connectivity index is 1.76. The van der Waals surface area contributed by atoms with Gasteiger partial charge in [0.15, 0.2) is 6.61 Å². The maximum atomic E-state index is 12.0. The van der Waals surface area contributed by atoms with Crippen molar-refractivity contribution in [2.24, 2.45) is 0 Å². The number of carbonyl (C=O) groups excluding carboxylic acids is 2. The number of urea groups is 1. The van der Waals surface area contributed by atoms with Gasteiger partial charge in [0, 0.05) is 16.7 Å². The molecule has 2 aromatic carbocycles. The molecule has 0 aliphatic rings. The lowest BCUT2D eigenvalue weighted by Crippen LogP contribution is -2.39. The van der Waals surface area contributed by atoms with E-state index in [9.17, 15) is 9.59 Å². The summed E-state index contributed by atoms with van der Waals surface area (Å²) in [5, 5.41) is 16.4. The van der Waals surface area contributed by atoms with E-state index >= 15 is 0 Å². The number of hydrogen-bond acceptors (Lipinski definition) is 4. The van der Waals surface area contributed by atoms with Crippen molar-refractivity contribution in [1.29, 1.82) is 5.26 Å². The van der Waals surface area contributed by atoms with Gasteiger partial charge in [-0.1, -0.05) is 28.1 Å². The standard InChI is InChI=1S/C19H19BrN4O3/c1-13-9-15(20)5-6-17(13)24-18(25)12-23-19(26)22-11-14-3-2-4-16(10-14)27-8-7-21/h2-6,9-10H,8,11-12H2,1H3,(H,24,25)(H2,22,23,26). The molecule has 0 aliphatic carbocycles. The number of carbonyl (C=O) groups is 2. The van der Waals surface area contributed by atoms with Crippen molar-refractivity contribution in [3.8, 4) is 11.8 Å². The zero-order chi connectivity index (χ0) is 19.6. The molecule has 0 heterocycles. The zero-order valence-corrected chi connectivity index (χ0v) is 16.3. The van der Waals surface area contributed by atoms with Crippen molar-refractivity contribution in [1.82, 2.24) is 10.6 Å². The lowest BCUT2D eigenvalue weighted by Gasteiger charge is -2.11. The number of aryl methyl sites for hydroxylation is 1. The number of nitrogens with one attached hydrogen (secondary N) is 3. The molecule has 3 N–H and O–H groups in total. The molecule has 2 aromatic rings. The highest BCUT2D eigenvalue weighted by Crippen LogP contribution is 2.19. The Bertz CT molecular complexity index is 864. The van der Waals surface area contributed by atoms with Crippen LogP contribution in [-0.2, 0) is 11.3 Å². The molecule has 2 rings (SSSR count). The Labute approximate surface area is 165 Å². The molecule has 0 saturated heterocycles. The van der Waals surface area contributed by atoms with Crippen LogP contribution in [0.3, 0.4) is 0 Å². The van der Waals surface area contributed by atoms with E-state index in [4.69, 9.17) is 10.00 Å². The van der Waals surface area contributed by atoms with Crippen LogP contribution >= 0.6 is 15.9 Å². The predicted molar refractivity (Wildman–Crippen MR) is 105 cm³/mol. The van der Waals surface area contributed by atoms with Crippen LogP contribution in [0.15, 0.2) is 46.9 Å². The first-order chi connectivity index (χ1) is 13.0. The van der Waals surface area contributed by atoms with Crippen molar-refractivity contribution >= 4 is 33.6 Å². The molecule has 3 amide bonds. The third kappa shape index (κ3) is 6.99. The molecule has 27 heavy (non-hydrogen) atoms. The molecule has 0 unspecified atom stereocenters. The molecule has 0 saturated carbocycles. The number of hydrogen-bond donors (Lipinski definition) is 3. The van der Waals surface area contributed by atoms with E-state index in [1.165, 1.54) is 0 Å². The van der Waals surface area contributed by atoms with Gasteiger partial charge < -0.3 is 20.7 Å². The Morgan fingerprint density at radius 3 is 2.74 bits per heavy atom. The van der Waals surface area contributed by atoms with Crippen LogP contribution in [0.2, 0.25) is 0 Å². The summed E-state index contributed by atoms with van der Waals surface area (Å²) < 4.78 is 6.14. The summed E-state index contributed by atoms with van der Waals surface area (Å²) in [6, 6.07) is 14.0. The van der Waals surface area contributed by atoms with Crippen LogP contribution in [-0.4, -0.2) is 25.1 Å². The minimum atomic E-state index is -0.457. The topological polar surface area (TPSA) is 103 Å². The third-order valence-electron chi connectivity index (χ3n) is 3.53. The normalized spacial score (nSPS) is 9.81. The second kappa shape index (κ2) is 10.2. The summed E-state index contributed by atoms with van der Waals surface area (Å²) in [6.45, 7) is 1.97. The van der Waals surface area contributed by atoms with Gasteiger partial charge in [-0.2, -0.15) is 5.26 Å². The Hall–Kier alpha value is -3.05. The number of halogens is 1. The van der Waals surface area contributed by atoms with Crippen LogP contribution in [0.4, 0.5) is 10.5 Å². The number of ether oxygens (including phenoxy) is 1. The van der Waals surface area contributed by atoms with Gasteiger partial charge in [-0.05, 0) is 48.4 Å². The first-order valence-electron chi connectivity index (χ1n) is 8.14. The van der Waals surface area contributed by atoms with Crippen LogP contribution < -0.4 is 20.7 Å². The lowest BCUT2D eigenvalue weighted by atomic mass is 10.2. The Kier molecular flexibility index (Phi) is 7.64. The number of nitriles is 1. The molecule has 0 radical (unpaired) electrons. The summed E-state index contributed by atoms with van der Waals surface area (Å²) in [7, 11) is 0. The van der Waals surface area contributed by atoms with Gasteiger partial charge in [0.25, 0.3) is 0 Å². The summed E-state index contributed by atoms with van der Waals surface area (Å²) >= 11 is 3.37. The van der Waals surface area contributed by atoms with Gasteiger partial charge in [0.1, 0.15) is 11.8 Å². The smallest absolute Gasteiger partial charge is 0.315 e. The minimum Gasteiger partial charge on any atom is -0.479 e. The molecular formula is C19H19BrN4O3. The average Bonchev–Trinajstić information content (AvgIpc) is 2.65. The third-order valence-corrected chi connectivity index (χ3v) is 4.02. The molecule has 0 aromatic heterocycles. The van der Waals surface area contributed by atoms with Crippen molar-refractivity contribution in [3.05, 3.63) is 58.1 Å². The summed E-state index contributed by atoms with van der Waals surface area (Å²) in [5.74, 6) is 0.239. The Morgan fingerprint density at radius 2 is 2.00 bits per heavy atom. The fourth-order valence-corrected chi connectivity index (χ4v) is 2.70. The summed E-state index contributed by atoms with van der Waals surface area (Å²) in [4.78, 5) is 23.8. The second-order valence-corrected chi connectivity index (χ2v) is 6.55. The molecule has 0 aliphatic heterocycles. The minimum absolute atomic E-state index is 0.0374. The summed E-state index contributed by atoms with van der Waals surface area (Å²) in [5.41, 5.74) is 2.43. The van der Waals surface area contributed by atoms with Gasteiger partial charge in [-0.25, -0.2) is 4.79 Å². The molecule has 0 spiro atoms. The quantitative estimate of drug-likeness (QED) is 0.627. The predicted octanol–water partition coefficient (Wildman–Crippen LogP) is 3.10. The van der Waals surface area contributed by atoms with Crippen LogP contribution in [0.25, 0.3) is 0 Å². The maximum Gasteiger partial charge on any atom is 0.315 e. The van der Waals surface area contributed by atoms with Crippen molar-refractivity contribution in [3.63, 3.8) is 0 Å². The number of benzene rings is 2. The maximum absolute atomic E-state index is 12.0. The van der Waals surface area contributed by atoms with Gasteiger partial charge >= 0.3 is 6.03 Å². The SMILES string of the molecule is Cc1cc(Br)ccc1NC(=O)CNC(=O)NCc1cccc(OCC#N)c1. The first-order valence-corrected chi connectivity index (χ1v) is 8.93. The van der Waals surface area contributed by atoms with E-state index in [0.717, 1.165) is 15.6 Å². The number of rotatable bonds is 7. The summed E-state index contributed by atoms with van der Waals surface area (Å²) in [6.07, 6.45) is 0.